The first-order valence-corrected chi connectivity index (χ1v) is 35.6. The summed E-state index contributed by atoms with van der Waals surface area (Å²) in [6, 6.07) is 0. The van der Waals surface area contributed by atoms with Crippen LogP contribution in [0.5, 0.6) is 0 Å². The summed E-state index contributed by atoms with van der Waals surface area (Å²) in [6.45, 7) is 3.89. The summed E-state index contributed by atoms with van der Waals surface area (Å²) in [5.41, 5.74) is 0. The van der Waals surface area contributed by atoms with Gasteiger partial charge in [-0.2, -0.15) is 0 Å². The lowest BCUT2D eigenvalue weighted by Gasteiger charge is -2.15. The van der Waals surface area contributed by atoms with Crippen LogP contribution >= 0.6 is 0 Å². The molecule has 0 rings (SSSR count). The lowest BCUT2D eigenvalue weighted by molar-refractivity contribution is -0.161. The van der Waals surface area contributed by atoms with Gasteiger partial charge >= 0.3 is 11.9 Å². The van der Waals surface area contributed by atoms with Gasteiger partial charge in [-0.25, -0.2) is 0 Å². The summed E-state index contributed by atoms with van der Waals surface area (Å²) in [5, 5.41) is 9.70. The van der Waals surface area contributed by atoms with Gasteiger partial charge in [0.1, 0.15) is 6.61 Å². The molecular formula is C83H130O5. The van der Waals surface area contributed by atoms with E-state index in [1.54, 1.807) is 0 Å². The van der Waals surface area contributed by atoms with E-state index in [2.05, 4.69) is 220 Å². The van der Waals surface area contributed by atoms with Gasteiger partial charge in [-0.1, -0.05) is 330 Å². The third-order valence-electron chi connectivity index (χ3n) is 14.6. The minimum Gasteiger partial charge on any atom is -0.462 e. The molecule has 0 aliphatic rings. The smallest absolute Gasteiger partial charge is 0.306 e. The predicted molar refractivity (Wildman–Crippen MR) is 389 cm³/mol. The number of esters is 2. The highest BCUT2D eigenvalue weighted by molar-refractivity contribution is 5.70. The molecule has 0 heterocycles. The van der Waals surface area contributed by atoms with Crippen molar-refractivity contribution in [2.75, 3.05) is 13.2 Å². The predicted octanol–water partition coefficient (Wildman–Crippen LogP) is 25.3. The van der Waals surface area contributed by atoms with E-state index in [-0.39, 0.29) is 25.2 Å². The Kier molecular flexibility index (Phi) is 71.0. The molecule has 0 spiro atoms. The van der Waals surface area contributed by atoms with Crippen LogP contribution in [0, 0.1) is 0 Å². The molecular weight excluding hydrogens is 1080 g/mol. The average molecular weight is 1210 g/mol. The summed E-state index contributed by atoms with van der Waals surface area (Å²) < 4.78 is 10.7. The minimum atomic E-state index is -0.802. The summed E-state index contributed by atoms with van der Waals surface area (Å²) in [6.07, 6.45) is 121. The Morgan fingerprint density at radius 2 is 0.455 bits per heavy atom. The Hall–Kier alpha value is -5.52. The van der Waals surface area contributed by atoms with Crippen LogP contribution in [0.4, 0.5) is 0 Å². The topological polar surface area (TPSA) is 72.8 Å². The van der Waals surface area contributed by atoms with E-state index in [0.29, 0.717) is 12.8 Å². The van der Waals surface area contributed by atoms with E-state index < -0.39 is 6.10 Å². The zero-order chi connectivity index (χ0) is 63.3. The molecule has 0 bridgehead atoms. The number of hydrogen-bond donors (Lipinski definition) is 1. The molecule has 1 N–H and O–H groups in total. The third kappa shape index (κ3) is 73.0. The minimum absolute atomic E-state index is 0.0871. The molecule has 0 saturated carbocycles. The van der Waals surface area contributed by atoms with Crippen molar-refractivity contribution in [3.8, 4) is 0 Å². The van der Waals surface area contributed by atoms with Crippen molar-refractivity contribution in [1.82, 2.24) is 0 Å². The zero-order valence-electron chi connectivity index (χ0n) is 56.4. The number of ether oxygens (including phenoxy) is 2. The van der Waals surface area contributed by atoms with Crippen LogP contribution < -0.4 is 0 Å². The lowest BCUT2D eigenvalue weighted by atomic mass is 10.0. The molecule has 0 saturated heterocycles. The number of unbranched alkanes of at least 4 members (excludes halogenated alkanes) is 21. The third-order valence-corrected chi connectivity index (χ3v) is 14.6. The second-order valence-electron chi connectivity index (χ2n) is 22.8. The molecule has 1 atom stereocenters. The van der Waals surface area contributed by atoms with E-state index in [9.17, 15) is 14.7 Å². The molecule has 0 fully saturated rings. The van der Waals surface area contributed by atoms with Gasteiger partial charge in [0.15, 0.2) is 6.10 Å². The van der Waals surface area contributed by atoms with Gasteiger partial charge in [-0.05, 0) is 148 Å². The van der Waals surface area contributed by atoms with Crippen LogP contribution in [0.25, 0.3) is 0 Å². The number of aliphatic hydroxyl groups is 1. The Labute approximate surface area is 542 Å². The van der Waals surface area contributed by atoms with Crippen molar-refractivity contribution in [2.45, 2.75) is 290 Å². The Balaban J connectivity index is 3.61. The monoisotopic (exact) mass is 1210 g/mol. The van der Waals surface area contributed by atoms with Crippen LogP contribution in [0.2, 0.25) is 0 Å². The van der Waals surface area contributed by atoms with Crippen molar-refractivity contribution in [3.63, 3.8) is 0 Å². The number of carbonyl (C=O) groups excluding carboxylic acids is 2. The van der Waals surface area contributed by atoms with Crippen molar-refractivity contribution >= 4 is 11.9 Å². The molecule has 0 aromatic heterocycles. The number of rotatable bonds is 63. The second-order valence-corrected chi connectivity index (χ2v) is 22.8. The molecule has 88 heavy (non-hydrogen) atoms. The van der Waals surface area contributed by atoms with Gasteiger partial charge in [-0.3, -0.25) is 9.59 Å². The van der Waals surface area contributed by atoms with Crippen LogP contribution in [-0.2, 0) is 19.1 Å². The molecule has 0 aromatic carbocycles. The van der Waals surface area contributed by atoms with Gasteiger partial charge < -0.3 is 14.6 Å². The Bertz CT molecular complexity index is 2050. The fraction of sp³-hybridized carbons (Fsp3) is 0.566. The van der Waals surface area contributed by atoms with Crippen molar-refractivity contribution < 1.29 is 24.2 Å². The van der Waals surface area contributed by atoms with Gasteiger partial charge in [0.05, 0.1) is 6.61 Å². The highest BCUT2D eigenvalue weighted by atomic mass is 16.6. The largest absolute Gasteiger partial charge is 0.462 e. The average Bonchev–Trinajstić information content (AvgIpc) is 3.56. The zero-order valence-corrected chi connectivity index (χ0v) is 56.4. The van der Waals surface area contributed by atoms with Crippen LogP contribution in [-0.4, -0.2) is 36.4 Å². The number of carbonyl (C=O) groups is 2. The molecule has 0 aliphatic carbocycles. The summed E-state index contributed by atoms with van der Waals surface area (Å²) >= 11 is 0. The van der Waals surface area contributed by atoms with Gasteiger partial charge in [-0.15, -0.1) is 0 Å². The number of hydrogen-bond acceptors (Lipinski definition) is 5. The van der Waals surface area contributed by atoms with E-state index in [1.165, 1.54) is 96.3 Å². The summed E-state index contributed by atoms with van der Waals surface area (Å²) in [5.74, 6) is -0.627. The molecule has 492 valence electrons. The molecule has 5 nitrogen and oxygen atoms in total. The SMILES string of the molecule is CC/C=C\C/C=C\C/C=C\C/C=C\C/C=C\C/C=C\C/C=C\C/C=C\C/C=C\C/C=C\C/C=C\C/C=C\CCCCCCC(=O)OC(CO)COC(=O)CCCCCCCCCCCCCCCCCCC/C=C\C/C=C\C/C=C\C/C=C\C/C=C\CC. The number of allylic oxidation sites excluding steroid dienone is 34. The van der Waals surface area contributed by atoms with Gasteiger partial charge in [0.25, 0.3) is 0 Å². The highest BCUT2D eigenvalue weighted by Crippen LogP contribution is 2.16. The Morgan fingerprint density at radius 1 is 0.261 bits per heavy atom. The highest BCUT2D eigenvalue weighted by Gasteiger charge is 2.16. The normalized spacial score (nSPS) is 13.5. The van der Waals surface area contributed by atoms with E-state index >= 15 is 0 Å². The Morgan fingerprint density at radius 3 is 0.682 bits per heavy atom. The second kappa shape index (κ2) is 75.7. The molecule has 0 aliphatic heterocycles. The molecule has 0 amide bonds. The fourth-order valence-electron chi connectivity index (χ4n) is 9.33. The van der Waals surface area contributed by atoms with Gasteiger partial charge in [0.2, 0.25) is 0 Å². The van der Waals surface area contributed by atoms with E-state index in [0.717, 1.165) is 161 Å². The molecule has 1 unspecified atom stereocenters. The molecule has 5 heteroatoms. The first-order valence-electron chi connectivity index (χ1n) is 35.6. The number of aliphatic hydroxyl groups excluding tert-OH is 1. The van der Waals surface area contributed by atoms with Crippen molar-refractivity contribution in [1.29, 1.82) is 0 Å². The summed E-state index contributed by atoms with van der Waals surface area (Å²) in [7, 11) is 0. The van der Waals surface area contributed by atoms with Gasteiger partial charge in [0, 0.05) is 12.8 Å². The van der Waals surface area contributed by atoms with Crippen molar-refractivity contribution in [2.24, 2.45) is 0 Å². The lowest BCUT2D eigenvalue weighted by Crippen LogP contribution is -2.28. The maximum atomic E-state index is 12.4. The standard InChI is InChI=1S/C83H130O5/c1-3-5-7-9-11-13-15-17-19-21-23-25-27-29-31-33-35-37-38-39-40-41-42-43-44-46-48-50-52-54-56-58-60-62-64-66-68-70-72-74-76-78-83(86)88-81(79-84)80-87-82(85)77-75-73-71-69-67-65-63-61-59-57-55-53-51-49-47-45-36-34-32-30-28-26-24-22-20-18-16-14-12-10-8-6-4-2/h5-8,11-14,17-20,23-26,29-32,35,37,39-40,42-43,46,48,52,54,58,60,64,66,81,84H,3-4,9-10,15-16,21-22,27-28,33-34,36,38,41,44-45,47,49-51,53,55-57,59,61-63,65,67-80H2,1-2H3/b7-5-,8-6-,13-11-,14-12-,19-17-,20-18-,25-23-,26-24-,31-29-,32-30-,37-35-,40-39-,43-42-,48-46-,54-52-,60-58-,66-64-. The first kappa shape index (κ1) is 82.5. The van der Waals surface area contributed by atoms with E-state index in [1.807, 2.05) is 0 Å². The molecule has 0 radical (unpaired) electrons. The maximum absolute atomic E-state index is 12.4. The van der Waals surface area contributed by atoms with Crippen LogP contribution in [0.1, 0.15) is 284 Å². The quantitative estimate of drug-likeness (QED) is 0.0373. The fourth-order valence-corrected chi connectivity index (χ4v) is 9.33. The molecule has 0 aromatic rings. The van der Waals surface area contributed by atoms with Crippen LogP contribution in [0.15, 0.2) is 207 Å². The first-order chi connectivity index (χ1) is 43.6. The van der Waals surface area contributed by atoms with Crippen LogP contribution in [0.3, 0.4) is 0 Å². The summed E-state index contributed by atoms with van der Waals surface area (Å²) in [4.78, 5) is 24.7. The maximum Gasteiger partial charge on any atom is 0.306 e. The van der Waals surface area contributed by atoms with Crippen molar-refractivity contribution in [3.05, 3.63) is 207 Å². The van der Waals surface area contributed by atoms with E-state index in [4.69, 9.17) is 9.47 Å².